The van der Waals surface area contributed by atoms with Crippen molar-refractivity contribution in [3.63, 3.8) is 0 Å². The number of carboxylic acid groups (broad SMARTS) is 1. The molecule has 0 spiro atoms. The number of carboxylic acids is 1. The Hall–Kier alpha value is -2.02. The van der Waals surface area contributed by atoms with Gasteiger partial charge >= 0.3 is 5.97 Å². The van der Waals surface area contributed by atoms with Gasteiger partial charge in [0.25, 0.3) is 0 Å². The summed E-state index contributed by atoms with van der Waals surface area (Å²) in [7, 11) is 1.44. The Morgan fingerprint density at radius 3 is 2.59 bits per heavy atom. The first kappa shape index (κ1) is 18.0. The summed E-state index contributed by atoms with van der Waals surface area (Å²) < 4.78 is 31.4. The summed E-state index contributed by atoms with van der Waals surface area (Å²) in [6.07, 6.45) is -0.0699. The van der Waals surface area contributed by atoms with Gasteiger partial charge in [-0.05, 0) is 17.5 Å². The zero-order valence-corrected chi connectivity index (χ0v) is 12.5. The van der Waals surface area contributed by atoms with Crippen LogP contribution < -0.4 is 0 Å². The molecule has 5 nitrogen and oxygen atoms in total. The second-order valence-electron chi connectivity index (χ2n) is 4.97. The maximum Gasteiger partial charge on any atom is 0.323 e. The minimum absolute atomic E-state index is 0.0699. The van der Waals surface area contributed by atoms with Crippen LogP contribution in [0.3, 0.4) is 0 Å². The molecular formula is C15H19F2NO4. The Bertz CT molecular complexity index is 536. The molecule has 22 heavy (non-hydrogen) atoms. The lowest BCUT2D eigenvalue weighted by atomic mass is 9.96. The van der Waals surface area contributed by atoms with E-state index < -0.39 is 36.0 Å². The lowest BCUT2D eigenvalue weighted by Gasteiger charge is -2.22. The Morgan fingerprint density at radius 1 is 1.36 bits per heavy atom. The van der Waals surface area contributed by atoms with Gasteiger partial charge in [-0.15, -0.1) is 0 Å². The van der Waals surface area contributed by atoms with E-state index in [0.29, 0.717) is 0 Å². The third kappa shape index (κ3) is 5.40. The lowest BCUT2D eigenvalue weighted by Crippen LogP contribution is -2.38. The van der Waals surface area contributed by atoms with E-state index in [2.05, 4.69) is 0 Å². The number of rotatable bonds is 8. The van der Waals surface area contributed by atoms with Crippen LogP contribution in [-0.2, 0) is 14.3 Å². The predicted molar refractivity (Wildman–Crippen MR) is 75.5 cm³/mol. The van der Waals surface area contributed by atoms with Crippen LogP contribution in [-0.4, -0.2) is 48.7 Å². The summed E-state index contributed by atoms with van der Waals surface area (Å²) in [5.41, 5.74) is 0.219. The summed E-state index contributed by atoms with van der Waals surface area (Å²) in [4.78, 5) is 24.1. The first-order chi connectivity index (χ1) is 10.3. The van der Waals surface area contributed by atoms with Crippen LogP contribution in [0.1, 0.15) is 24.8 Å². The van der Waals surface area contributed by atoms with Crippen molar-refractivity contribution in [2.75, 3.05) is 26.8 Å². The molecule has 1 amide bonds. The molecule has 0 bridgehead atoms. The minimum atomic E-state index is -1.13. The van der Waals surface area contributed by atoms with Gasteiger partial charge in [-0.2, -0.15) is 0 Å². The molecule has 1 aromatic rings. The highest BCUT2D eigenvalue weighted by atomic mass is 19.1. The number of halogens is 2. The molecule has 0 aliphatic rings. The van der Waals surface area contributed by atoms with E-state index >= 15 is 0 Å². The van der Waals surface area contributed by atoms with Crippen LogP contribution in [0, 0.1) is 11.6 Å². The largest absolute Gasteiger partial charge is 0.480 e. The number of amides is 1. The highest BCUT2D eigenvalue weighted by Crippen LogP contribution is 2.23. The second kappa shape index (κ2) is 8.43. The molecule has 0 aliphatic carbocycles. The molecule has 122 valence electrons. The van der Waals surface area contributed by atoms with Gasteiger partial charge in [0.2, 0.25) is 5.91 Å². The summed E-state index contributed by atoms with van der Waals surface area (Å²) in [5, 5.41) is 8.82. The number of carbonyl (C=O) groups excluding carboxylic acids is 1. The Balaban J connectivity index is 2.76. The van der Waals surface area contributed by atoms with E-state index in [1.807, 2.05) is 0 Å². The van der Waals surface area contributed by atoms with Gasteiger partial charge in [-0.1, -0.05) is 13.0 Å². The fraction of sp³-hybridized carbons (Fsp3) is 0.467. The van der Waals surface area contributed by atoms with Crippen LogP contribution in [0.15, 0.2) is 18.2 Å². The van der Waals surface area contributed by atoms with Gasteiger partial charge in [0.05, 0.1) is 6.61 Å². The number of hydrogen-bond donors (Lipinski definition) is 1. The molecule has 0 aromatic heterocycles. The van der Waals surface area contributed by atoms with Crippen molar-refractivity contribution in [2.45, 2.75) is 19.3 Å². The average Bonchev–Trinajstić information content (AvgIpc) is 2.42. The van der Waals surface area contributed by atoms with Gasteiger partial charge in [0.15, 0.2) is 0 Å². The molecule has 1 N–H and O–H groups in total. The summed E-state index contributed by atoms with van der Waals surface area (Å²) >= 11 is 0. The number of methoxy groups -OCH3 is 1. The van der Waals surface area contributed by atoms with Crippen LogP contribution >= 0.6 is 0 Å². The highest BCUT2D eigenvalue weighted by molar-refractivity contribution is 5.81. The third-order valence-electron chi connectivity index (χ3n) is 3.22. The molecule has 0 saturated heterocycles. The Labute approximate surface area is 127 Å². The molecule has 0 fully saturated rings. The Morgan fingerprint density at radius 2 is 2.05 bits per heavy atom. The van der Waals surface area contributed by atoms with Gasteiger partial charge in [0, 0.05) is 26.1 Å². The molecule has 0 aliphatic heterocycles. The molecule has 1 unspecified atom stereocenters. The van der Waals surface area contributed by atoms with E-state index in [1.54, 1.807) is 6.92 Å². The van der Waals surface area contributed by atoms with Crippen LogP contribution in [0.2, 0.25) is 0 Å². The molecule has 1 rings (SSSR count). The SMILES string of the molecule is COCCN(CC(=O)O)C(=O)CC(C)c1ccc(F)cc1F. The van der Waals surface area contributed by atoms with Crippen LogP contribution in [0.4, 0.5) is 8.78 Å². The summed E-state index contributed by atoms with van der Waals surface area (Å²) in [6, 6.07) is 3.18. The lowest BCUT2D eigenvalue weighted by molar-refractivity contribution is -0.145. The average molecular weight is 315 g/mol. The van der Waals surface area contributed by atoms with E-state index in [9.17, 15) is 18.4 Å². The van der Waals surface area contributed by atoms with Gasteiger partial charge in [-0.3, -0.25) is 9.59 Å². The fourth-order valence-corrected chi connectivity index (χ4v) is 2.06. The standard InChI is InChI=1S/C15H19F2NO4/c1-10(12-4-3-11(16)8-13(12)17)7-14(19)18(5-6-22-2)9-15(20)21/h3-4,8,10H,5-7,9H2,1-2H3,(H,20,21). The van der Waals surface area contributed by atoms with Crippen molar-refractivity contribution in [3.05, 3.63) is 35.4 Å². The van der Waals surface area contributed by atoms with Crippen molar-refractivity contribution in [1.29, 1.82) is 0 Å². The maximum atomic E-state index is 13.7. The second-order valence-corrected chi connectivity index (χ2v) is 4.97. The van der Waals surface area contributed by atoms with E-state index in [0.717, 1.165) is 17.0 Å². The smallest absolute Gasteiger partial charge is 0.323 e. The molecular weight excluding hydrogens is 296 g/mol. The monoisotopic (exact) mass is 315 g/mol. The number of carbonyl (C=O) groups is 2. The molecule has 0 radical (unpaired) electrons. The van der Waals surface area contributed by atoms with E-state index in [-0.39, 0.29) is 25.1 Å². The van der Waals surface area contributed by atoms with Crippen LogP contribution in [0.5, 0.6) is 0 Å². The zero-order valence-electron chi connectivity index (χ0n) is 12.5. The maximum absolute atomic E-state index is 13.7. The summed E-state index contributed by atoms with van der Waals surface area (Å²) in [6.45, 7) is 1.53. The Kier molecular flexibility index (Phi) is 6.91. The topological polar surface area (TPSA) is 66.8 Å². The van der Waals surface area contributed by atoms with E-state index in [1.165, 1.54) is 13.2 Å². The van der Waals surface area contributed by atoms with Crippen molar-refractivity contribution < 1.29 is 28.2 Å². The zero-order chi connectivity index (χ0) is 16.7. The fourth-order valence-electron chi connectivity index (χ4n) is 2.06. The van der Waals surface area contributed by atoms with Crippen molar-refractivity contribution in [1.82, 2.24) is 4.90 Å². The first-order valence-electron chi connectivity index (χ1n) is 6.78. The third-order valence-corrected chi connectivity index (χ3v) is 3.22. The number of benzene rings is 1. The van der Waals surface area contributed by atoms with Crippen LogP contribution in [0.25, 0.3) is 0 Å². The molecule has 1 atom stereocenters. The quantitative estimate of drug-likeness (QED) is 0.797. The van der Waals surface area contributed by atoms with E-state index in [4.69, 9.17) is 9.84 Å². The van der Waals surface area contributed by atoms with Gasteiger partial charge in [-0.25, -0.2) is 8.78 Å². The highest BCUT2D eigenvalue weighted by Gasteiger charge is 2.21. The summed E-state index contributed by atoms with van der Waals surface area (Å²) in [5.74, 6) is -3.46. The van der Waals surface area contributed by atoms with Crippen molar-refractivity contribution in [3.8, 4) is 0 Å². The first-order valence-corrected chi connectivity index (χ1v) is 6.78. The van der Waals surface area contributed by atoms with Gasteiger partial charge < -0.3 is 14.7 Å². The predicted octanol–water partition coefficient (Wildman–Crippen LogP) is 2.02. The number of aliphatic carboxylic acids is 1. The number of ether oxygens (including phenoxy) is 1. The van der Waals surface area contributed by atoms with Crippen molar-refractivity contribution in [2.24, 2.45) is 0 Å². The molecule has 0 saturated carbocycles. The molecule has 0 heterocycles. The minimum Gasteiger partial charge on any atom is -0.480 e. The number of nitrogens with zero attached hydrogens (tertiary/aromatic N) is 1. The molecule has 1 aromatic carbocycles. The molecule has 7 heteroatoms. The van der Waals surface area contributed by atoms with Gasteiger partial charge in [0.1, 0.15) is 18.2 Å². The number of hydrogen-bond acceptors (Lipinski definition) is 3. The van der Waals surface area contributed by atoms with Crippen molar-refractivity contribution >= 4 is 11.9 Å². The normalized spacial score (nSPS) is 12.0.